The number of piperazine rings is 1. The summed E-state index contributed by atoms with van der Waals surface area (Å²) in [5, 5.41) is 15.4. The van der Waals surface area contributed by atoms with Crippen LogP contribution in [0.3, 0.4) is 0 Å². The Morgan fingerprint density at radius 3 is 3.00 bits per heavy atom. The predicted molar refractivity (Wildman–Crippen MR) is 29.3 cm³/mol. The zero-order valence-corrected chi connectivity index (χ0v) is 4.59. The first kappa shape index (κ1) is 5.54. The van der Waals surface area contributed by atoms with Gasteiger partial charge < -0.3 is 5.32 Å². The van der Waals surface area contributed by atoms with Gasteiger partial charge in [-0.3, -0.25) is 0 Å². The van der Waals surface area contributed by atoms with E-state index < -0.39 is 0 Å². The molecule has 0 aromatic heterocycles. The third-order valence-electron chi connectivity index (χ3n) is 1.12. The van der Waals surface area contributed by atoms with E-state index in [9.17, 15) is 0 Å². The summed E-state index contributed by atoms with van der Waals surface area (Å²) in [5.41, 5.74) is 0. The van der Waals surface area contributed by atoms with Gasteiger partial charge in [0.25, 0.3) is 0 Å². The Kier molecular flexibility index (Phi) is 1.84. The van der Waals surface area contributed by atoms with Crippen LogP contribution >= 0.6 is 0 Å². The number of nitrogens with one attached hydrogen (secondary N) is 1. The van der Waals surface area contributed by atoms with Crippen molar-refractivity contribution in [2.24, 2.45) is 0 Å². The molecule has 1 atom stereocenters. The summed E-state index contributed by atoms with van der Waals surface area (Å²) in [6.07, 6.45) is 0. The van der Waals surface area contributed by atoms with E-state index in [2.05, 4.69) is 16.7 Å². The minimum Gasteiger partial charge on any atom is -0.313 e. The Balaban J connectivity index is 2.25. The van der Waals surface area contributed by atoms with Crippen molar-refractivity contribution in [1.82, 2.24) is 10.6 Å². The molecule has 43 valence electrons. The molecule has 0 amide bonds. The lowest BCUT2D eigenvalue weighted by Crippen LogP contribution is -2.43. The van der Waals surface area contributed by atoms with Crippen molar-refractivity contribution >= 4 is 0 Å². The highest BCUT2D eigenvalue weighted by molar-refractivity contribution is 4.93. The number of hydrogen-bond acceptors (Lipinski definition) is 2. The van der Waals surface area contributed by atoms with Crippen LogP contribution in [0.1, 0.15) is 0 Å². The highest BCUT2D eigenvalue weighted by Crippen LogP contribution is 1.84. The fraction of sp³-hybridized carbons (Fsp3) is 0.800. The number of nitriles is 1. The maximum absolute atomic E-state index is 8.31. The van der Waals surface area contributed by atoms with Crippen molar-refractivity contribution in [2.45, 2.75) is 6.04 Å². The molecule has 0 spiro atoms. The third-order valence-corrected chi connectivity index (χ3v) is 1.12. The van der Waals surface area contributed by atoms with E-state index in [0.29, 0.717) is 0 Å². The Bertz CT molecular complexity index is 98.7. The van der Waals surface area contributed by atoms with Gasteiger partial charge in [-0.2, -0.15) is 5.26 Å². The van der Waals surface area contributed by atoms with E-state index in [0.717, 1.165) is 19.6 Å². The lowest BCUT2D eigenvalue weighted by atomic mass is 10.3. The second-order valence-corrected chi connectivity index (χ2v) is 1.76. The van der Waals surface area contributed by atoms with Crippen LogP contribution in [-0.4, -0.2) is 25.7 Å². The Morgan fingerprint density at radius 1 is 1.75 bits per heavy atom. The van der Waals surface area contributed by atoms with Crippen LogP contribution in [-0.2, 0) is 0 Å². The molecule has 0 aromatic rings. The largest absolute Gasteiger partial charge is 0.313 e. The summed E-state index contributed by atoms with van der Waals surface area (Å²) in [6, 6.07) is 1.98. The van der Waals surface area contributed by atoms with Gasteiger partial charge in [-0.15, -0.1) is 0 Å². The fourth-order valence-corrected chi connectivity index (χ4v) is 0.689. The second kappa shape index (κ2) is 2.65. The molecule has 1 aliphatic rings. The summed E-state index contributed by atoms with van der Waals surface area (Å²) in [5.74, 6) is 0. The SMILES string of the molecule is N#CC1CNCC[N]1. The maximum atomic E-state index is 8.31. The summed E-state index contributed by atoms with van der Waals surface area (Å²) in [4.78, 5) is 0. The van der Waals surface area contributed by atoms with Gasteiger partial charge in [-0.25, -0.2) is 5.32 Å². The molecular formula is C5H8N3. The normalized spacial score (nSPS) is 29.1. The van der Waals surface area contributed by atoms with Gasteiger partial charge in [0, 0.05) is 19.6 Å². The summed E-state index contributed by atoms with van der Waals surface area (Å²) in [6.45, 7) is 2.45. The molecule has 8 heavy (non-hydrogen) atoms. The molecule has 3 nitrogen and oxygen atoms in total. The molecule has 0 saturated carbocycles. The first-order valence-electron chi connectivity index (χ1n) is 2.70. The van der Waals surface area contributed by atoms with Crippen molar-refractivity contribution < 1.29 is 0 Å². The van der Waals surface area contributed by atoms with Crippen molar-refractivity contribution in [2.75, 3.05) is 19.6 Å². The lowest BCUT2D eigenvalue weighted by molar-refractivity contribution is 0.469. The number of hydrogen-bond donors (Lipinski definition) is 1. The van der Waals surface area contributed by atoms with Gasteiger partial charge in [-0.05, 0) is 0 Å². The van der Waals surface area contributed by atoms with E-state index in [1.54, 1.807) is 0 Å². The maximum Gasteiger partial charge on any atom is 0.124 e. The zero-order chi connectivity index (χ0) is 5.82. The van der Waals surface area contributed by atoms with Crippen molar-refractivity contribution in [1.29, 1.82) is 5.26 Å². The van der Waals surface area contributed by atoms with Gasteiger partial charge in [0.05, 0.1) is 6.07 Å². The molecule has 0 aromatic carbocycles. The van der Waals surface area contributed by atoms with Gasteiger partial charge in [0.15, 0.2) is 0 Å². The molecule has 1 aliphatic heterocycles. The van der Waals surface area contributed by atoms with Crippen LogP contribution in [0, 0.1) is 11.3 Å². The molecule has 1 heterocycles. The molecule has 3 heteroatoms. The first-order valence-corrected chi connectivity index (χ1v) is 2.70. The summed E-state index contributed by atoms with van der Waals surface area (Å²) >= 11 is 0. The van der Waals surface area contributed by atoms with Crippen LogP contribution in [0.15, 0.2) is 0 Å². The van der Waals surface area contributed by atoms with Crippen LogP contribution in [0.2, 0.25) is 0 Å². The molecule has 1 N–H and O–H groups in total. The fourth-order valence-electron chi connectivity index (χ4n) is 0.689. The van der Waals surface area contributed by atoms with E-state index in [-0.39, 0.29) is 6.04 Å². The predicted octanol–water partition coefficient (Wildman–Crippen LogP) is -0.914. The summed E-state index contributed by atoms with van der Waals surface area (Å²) < 4.78 is 0. The third kappa shape index (κ3) is 1.19. The molecular weight excluding hydrogens is 102 g/mol. The standard InChI is InChI=1S/C5H8N3/c6-3-5-4-7-1-2-8-5/h5,7H,1-2,4H2. The summed E-state index contributed by atoms with van der Waals surface area (Å²) in [7, 11) is 0. The minimum absolute atomic E-state index is 0.0938. The van der Waals surface area contributed by atoms with Gasteiger partial charge in [-0.1, -0.05) is 0 Å². The van der Waals surface area contributed by atoms with Crippen LogP contribution in [0.25, 0.3) is 0 Å². The molecule has 1 rings (SSSR count). The average molecular weight is 110 g/mol. The Labute approximate surface area is 48.7 Å². The number of rotatable bonds is 0. The van der Waals surface area contributed by atoms with Crippen LogP contribution < -0.4 is 10.6 Å². The highest BCUT2D eigenvalue weighted by atomic mass is 15.0. The first-order chi connectivity index (χ1) is 3.93. The Morgan fingerprint density at radius 2 is 2.62 bits per heavy atom. The molecule has 1 unspecified atom stereocenters. The smallest absolute Gasteiger partial charge is 0.124 e. The quantitative estimate of drug-likeness (QED) is 0.438. The molecule has 0 aliphatic carbocycles. The van der Waals surface area contributed by atoms with Crippen LogP contribution in [0.4, 0.5) is 0 Å². The average Bonchev–Trinajstić information content (AvgIpc) is 1.90. The van der Waals surface area contributed by atoms with E-state index >= 15 is 0 Å². The minimum atomic E-state index is -0.0938. The van der Waals surface area contributed by atoms with Gasteiger partial charge in [0.2, 0.25) is 0 Å². The van der Waals surface area contributed by atoms with Crippen LogP contribution in [0.5, 0.6) is 0 Å². The topological polar surface area (TPSA) is 49.9 Å². The monoisotopic (exact) mass is 110 g/mol. The van der Waals surface area contributed by atoms with Gasteiger partial charge >= 0.3 is 0 Å². The van der Waals surface area contributed by atoms with E-state index in [1.165, 1.54) is 0 Å². The molecule has 1 fully saturated rings. The van der Waals surface area contributed by atoms with Crippen molar-refractivity contribution in [3.8, 4) is 6.07 Å². The molecule has 0 bridgehead atoms. The zero-order valence-electron chi connectivity index (χ0n) is 4.59. The highest BCUT2D eigenvalue weighted by Gasteiger charge is 2.10. The van der Waals surface area contributed by atoms with Crippen molar-refractivity contribution in [3.05, 3.63) is 0 Å². The van der Waals surface area contributed by atoms with Crippen molar-refractivity contribution in [3.63, 3.8) is 0 Å². The molecule has 1 saturated heterocycles. The lowest BCUT2D eigenvalue weighted by Gasteiger charge is -2.15. The number of nitrogens with zero attached hydrogens (tertiary/aromatic N) is 2. The van der Waals surface area contributed by atoms with E-state index in [1.807, 2.05) is 0 Å². The Hall–Kier alpha value is -0.590. The van der Waals surface area contributed by atoms with E-state index in [4.69, 9.17) is 5.26 Å². The van der Waals surface area contributed by atoms with Gasteiger partial charge in [0.1, 0.15) is 6.04 Å². The molecule has 1 radical (unpaired) electrons. The second-order valence-electron chi connectivity index (χ2n) is 1.76.